The van der Waals surface area contributed by atoms with Gasteiger partial charge in [-0.3, -0.25) is 20.7 Å². The first-order chi connectivity index (χ1) is 12.7. The highest BCUT2D eigenvalue weighted by Gasteiger charge is 2.43. The summed E-state index contributed by atoms with van der Waals surface area (Å²) in [6, 6.07) is 3.94. The Morgan fingerprint density at radius 2 is 1.69 bits per heavy atom. The van der Waals surface area contributed by atoms with E-state index in [1.165, 1.54) is 0 Å². The number of aliphatic imine (C=N–C) groups is 1. The lowest BCUT2D eigenvalue weighted by atomic mass is 9.64. The van der Waals surface area contributed by atoms with E-state index in [2.05, 4.69) is 25.4 Å². The van der Waals surface area contributed by atoms with E-state index in [1.807, 2.05) is 46.0 Å². The highest BCUT2D eigenvalue weighted by Crippen LogP contribution is 2.44. The van der Waals surface area contributed by atoms with Gasteiger partial charge in [-0.25, -0.2) is 9.97 Å². The zero-order valence-electron chi connectivity index (χ0n) is 16.3. The Morgan fingerprint density at radius 1 is 1.08 bits per heavy atom. The number of hydrogen-bond donors (Lipinski definition) is 3. The molecule has 0 bridgehead atoms. The van der Waals surface area contributed by atoms with Crippen LogP contribution >= 0.6 is 0 Å². The molecule has 4 N–H and O–H groups in total. The predicted octanol–water partition coefficient (Wildman–Crippen LogP) is 3.60. The number of hydroxylamine groups is 1. The molecular weight excluding hydrogens is 328 g/mol. The van der Waals surface area contributed by atoms with Crippen LogP contribution in [-0.4, -0.2) is 33.0 Å². The van der Waals surface area contributed by atoms with Crippen molar-refractivity contribution in [1.29, 1.82) is 0 Å². The van der Waals surface area contributed by atoms with Gasteiger partial charge in [0.15, 0.2) is 0 Å². The fraction of sp³-hybridized carbons (Fsp3) is 0.474. The molecule has 2 aromatic heterocycles. The molecule has 1 aliphatic rings. The molecule has 0 aromatic carbocycles. The summed E-state index contributed by atoms with van der Waals surface area (Å²) in [6.45, 7) is 8.00. The number of nitrogens with one attached hydrogen (secondary N) is 1. The van der Waals surface area contributed by atoms with E-state index in [-0.39, 0.29) is 11.4 Å². The predicted molar refractivity (Wildman–Crippen MR) is 106 cm³/mol. The van der Waals surface area contributed by atoms with Crippen molar-refractivity contribution < 1.29 is 5.21 Å². The van der Waals surface area contributed by atoms with Crippen molar-refractivity contribution in [2.24, 2.45) is 4.99 Å². The van der Waals surface area contributed by atoms with Crippen LogP contribution < -0.4 is 11.2 Å². The van der Waals surface area contributed by atoms with Gasteiger partial charge < -0.3 is 5.73 Å². The van der Waals surface area contributed by atoms with E-state index in [1.54, 1.807) is 19.4 Å². The average Bonchev–Trinajstić information content (AvgIpc) is 2.68. The number of nitrogens with zero attached hydrogens (tertiary/aromatic N) is 4. The SMILES string of the molecule is CC.CC.CN=C(NO)C1(c2ccc(-c3cnc(N)nc3)nc2)CCC1. The molecule has 7 heteroatoms. The molecule has 0 unspecified atom stereocenters. The van der Waals surface area contributed by atoms with Gasteiger partial charge >= 0.3 is 0 Å². The summed E-state index contributed by atoms with van der Waals surface area (Å²) in [6.07, 6.45) is 8.12. The molecule has 26 heavy (non-hydrogen) atoms. The van der Waals surface area contributed by atoms with Crippen molar-refractivity contribution in [3.8, 4) is 11.3 Å². The molecular formula is C19H30N6O. The average molecular weight is 358 g/mol. The fourth-order valence-electron chi connectivity index (χ4n) is 2.88. The van der Waals surface area contributed by atoms with Gasteiger partial charge in [-0.1, -0.05) is 40.2 Å². The van der Waals surface area contributed by atoms with Crippen molar-refractivity contribution in [3.63, 3.8) is 0 Å². The normalized spacial score (nSPS) is 14.8. The van der Waals surface area contributed by atoms with Crippen LogP contribution in [0.25, 0.3) is 11.3 Å². The summed E-state index contributed by atoms with van der Waals surface area (Å²) < 4.78 is 0. The molecule has 0 amide bonds. The Hall–Kier alpha value is -2.54. The van der Waals surface area contributed by atoms with E-state index in [0.717, 1.165) is 36.1 Å². The van der Waals surface area contributed by atoms with Crippen LogP contribution in [0.15, 0.2) is 35.7 Å². The maximum atomic E-state index is 9.32. The number of nitrogen functional groups attached to an aromatic ring is 1. The maximum Gasteiger partial charge on any atom is 0.219 e. The van der Waals surface area contributed by atoms with Crippen molar-refractivity contribution in [2.75, 3.05) is 12.8 Å². The lowest BCUT2D eigenvalue weighted by Gasteiger charge is -2.42. The number of hydrogen-bond acceptors (Lipinski definition) is 6. The lowest BCUT2D eigenvalue weighted by molar-refractivity contribution is 0.207. The molecule has 0 spiro atoms. The van der Waals surface area contributed by atoms with Crippen molar-refractivity contribution >= 4 is 11.8 Å². The molecule has 0 aliphatic heterocycles. The maximum absolute atomic E-state index is 9.32. The van der Waals surface area contributed by atoms with Gasteiger partial charge in [0.05, 0.1) is 11.1 Å². The molecule has 7 nitrogen and oxygen atoms in total. The van der Waals surface area contributed by atoms with E-state index in [9.17, 15) is 5.21 Å². The van der Waals surface area contributed by atoms with Gasteiger partial charge in [0.2, 0.25) is 5.95 Å². The van der Waals surface area contributed by atoms with E-state index in [0.29, 0.717) is 5.84 Å². The summed E-state index contributed by atoms with van der Waals surface area (Å²) in [5.74, 6) is 0.829. The van der Waals surface area contributed by atoms with Crippen LogP contribution in [0.5, 0.6) is 0 Å². The number of rotatable bonds is 3. The fourth-order valence-corrected chi connectivity index (χ4v) is 2.88. The third kappa shape index (κ3) is 4.35. The second-order valence-corrected chi connectivity index (χ2v) is 5.38. The summed E-state index contributed by atoms with van der Waals surface area (Å²) in [7, 11) is 1.67. The smallest absolute Gasteiger partial charge is 0.219 e. The number of nitrogens with two attached hydrogens (primary N) is 1. The molecule has 3 rings (SSSR count). The Bertz CT molecular complexity index is 678. The first kappa shape index (κ1) is 21.5. The first-order valence-electron chi connectivity index (χ1n) is 9.11. The van der Waals surface area contributed by atoms with Crippen molar-refractivity contribution in [1.82, 2.24) is 20.4 Å². The Balaban J connectivity index is 0.000000791. The largest absolute Gasteiger partial charge is 0.368 e. The molecule has 1 aliphatic carbocycles. The summed E-state index contributed by atoms with van der Waals surface area (Å²) >= 11 is 0. The van der Waals surface area contributed by atoms with Crippen LogP contribution in [0, 0.1) is 0 Å². The summed E-state index contributed by atoms with van der Waals surface area (Å²) in [5.41, 5.74) is 10.1. The van der Waals surface area contributed by atoms with E-state index >= 15 is 0 Å². The van der Waals surface area contributed by atoms with Crippen LogP contribution in [0.3, 0.4) is 0 Å². The third-order valence-corrected chi connectivity index (χ3v) is 4.27. The zero-order chi connectivity index (χ0) is 19.6. The van der Waals surface area contributed by atoms with Crippen molar-refractivity contribution in [3.05, 3.63) is 36.3 Å². The van der Waals surface area contributed by atoms with E-state index < -0.39 is 0 Å². The highest BCUT2D eigenvalue weighted by molar-refractivity contribution is 5.93. The van der Waals surface area contributed by atoms with Crippen LogP contribution in [0.4, 0.5) is 5.95 Å². The van der Waals surface area contributed by atoms with Crippen LogP contribution in [0.1, 0.15) is 52.5 Å². The molecule has 2 aromatic rings. The number of aromatic nitrogens is 3. The van der Waals surface area contributed by atoms with Gasteiger partial charge in [-0.2, -0.15) is 0 Å². The standard InChI is InChI=1S/C15H18N6O.2C2H6/c1-17-13(21-22)15(5-2-6-15)11-3-4-12(18-9-11)10-7-19-14(16)20-8-10;2*1-2/h3-4,7-9,22H,2,5-6H2,1H3,(H,17,21)(H2,16,19,20);2*1-2H3. The third-order valence-electron chi connectivity index (χ3n) is 4.27. The quantitative estimate of drug-likeness (QED) is 0.439. The van der Waals surface area contributed by atoms with Gasteiger partial charge in [0.25, 0.3) is 0 Å². The second kappa shape index (κ2) is 10.5. The lowest BCUT2D eigenvalue weighted by Crippen LogP contribution is -2.48. The number of amidine groups is 1. The van der Waals surface area contributed by atoms with Gasteiger partial charge in [0, 0.05) is 31.2 Å². The first-order valence-corrected chi connectivity index (χ1v) is 9.11. The summed E-state index contributed by atoms with van der Waals surface area (Å²) in [4.78, 5) is 16.6. The minimum atomic E-state index is -0.257. The van der Waals surface area contributed by atoms with Crippen LogP contribution in [0.2, 0.25) is 0 Å². The Morgan fingerprint density at radius 3 is 2.08 bits per heavy atom. The minimum Gasteiger partial charge on any atom is -0.368 e. The number of anilines is 1. The summed E-state index contributed by atoms with van der Waals surface area (Å²) in [5, 5.41) is 9.32. The topological polar surface area (TPSA) is 109 Å². The van der Waals surface area contributed by atoms with Gasteiger partial charge in [-0.05, 0) is 24.5 Å². The highest BCUT2D eigenvalue weighted by atomic mass is 16.5. The Labute approximate surface area is 155 Å². The molecule has 142 valence electrons. The molecule has 0 saturated heterocycles. The molecule has 2 heterocycles. The minimum absolute atomic E-state index is 0.242. The monoisotopic (exact) mass is 358 g/mol. The van der Waals surface area contributed by atoms with Gasteiger partial charge in [-0.15, -0.1) is 0 Å². The zero-order valence-corrected chi connectivity index (χ0v) is 16.3. The molecule has 1 saturated carbocycles. The second-order valence-electron chi connectivity index (χ2n) is 5.38. The van der Waals surface area contributed by atoms with Crippen LogP contribution in [-0.2, 0) is 5.41 Å². The van der Waals surface area contributed by atoms with Crippen molar-refractivity contribution in [2.45, 2.75) is 52.4 Å². The molecule has 1 fully saturated rings. The molecule has 0 atom stereocenters. The Kier molecular flexibility index (Phi) is 8.64. The number of pyridine rings is 1. The van der Waals surface area contributed by atoms with Gasteiger partial charge in [0.1, 0.15) is 5.84 Å². The molecule has 0 radical (unpaired) electrons. The van der Waals surface area contributed by atoms with E-state index in [4.69, 9.17) is 5.73 Å².